The number of benzene rings is 1. The standard InChI is InChI=1S/C12H10F2O/c1-3-4-5-12(15)9-6-8(2)10(13)7-11(9)14/h6-7H,5H2,1-2H3. The third-order valence-corrected chi connectivity index (χ3v) is 1.97. The van der Waals surface area contributed by atoms with Crippen LogP contribution >= 0.6 is 0 Å². The molecule has 0 saturated heterocycles. The van der Waals surface area contributed by atoms with Gasteiger partial charge in [0.25, 0.3) is 0 Å². The number of hydrogen-bond acceptors (Lipinski definition) is 1. The van der Waals surface area contributed by atoms with Crippen molar-refractivity contribution in [1.82, 2.24) is 0 Å². The van der Waals surface area contributed by atoms with E-state index in [1.54, 1.807) is 6.92 Å². The van der Waals surface area contributed by atoms with Crippen LogP contribution in [0.15, 0.2) is 12.1 Å². The fourth-order valence-corrected chi connectivity index (χ4v) is 1.13. The molecular formula is C12H10F2O. The Morgan fingerprint density at radius 1 is 1.33 bits per heavy atom. The van der Waals surface area contributed by atoms with Gasteiger partial charge in [-0.3, -0.25) is 4.79 Å². The maximum Gasteiger partial charge on any atom is 0.177 e. The average Bonchev–Trinajstić information content (AvgIpc) is 2.20. The molecule has 0 radical (unpaired) electrons. The molecule has 0 aliphatic heterocycles. The van der Waals surface area contributed by atoms with E-state index in [1.807, 2.05) is 0 Å². The zero-order valence-corrected chi connectivity index (χ0v) is 8.53. The predicted octanol–water partition coefficient (Wildman–Crippen LogP) is 2.87. The third-order valence-electron chi connectivity index (χ3n) is 1.97. The monoisotopic (exact) mass is 208 g/mol. The zero-order valence-electron chi connectivity index (χ0n) is 8.53. The molecule has 1 rings (SSSR count). The van der Waals surface area contributed by atoms with Crippen LogP contribution in [0.2, 0.25) is 0 Å². The predicted molar refractivity (Wildman–Crippen MR) is 53.5 cm³/mol. The number of halogens is 2. The first kappa shape index (κ1) is 11.4. The molecule has 1 aromatic carbocycles. The summed E-state index contributed by atoms with van der Waals surface area (Å²) >= 11 is 0. The van der Waals surface area contributed by atoms with Gasteiger partial charge in [0.2, 0.25) is 0 Å². The summed E-state index contributed by atoms with van der Waals surface area (Å²) in [6.45, 7) is 3.08. The topological polar surface area (TPSA) is 17.1 Å². The van der Waals surface area contributed by atoms with E-state index in [0.29, 0.717) is 0 Å². The molecule has 0 amide bonds. The molecule has 0 saturated carbocycles. The van der Waals surface area contributed by atoms with Gasteiger partial charge in [0.05, 0.1) is 12.0 Å². The Balaban J connectivity index is 3.07. The summed E-state index contributed by atoms with van der Waals surface area (Å²) in [7, 11) is 0. The van der Waals surface area contributed by atoms with Crippen LogP contribution in [0.3, 0.4) is 0 Å². The summed E-state index contributed by atoms with van der Waals surface area (Å²) in [6, 6.07) is 1.94. The van der Waals surface area contributed by atoms with Gasteiger partial charge in [0, 0.05) is 6.07 Å². The highest BCUT2D eigenvalue weighted by Crippen LogP contribution is 2.15. The summed E-state index contributed by atoms with van der Waals surface area (Å²) in [5, 5.41) is 0. The number of Topliss-reactive ketones (excluding diaryl/α,β-unsaturated/α-hetero) is 1. The second kappa shape index (κ2) is 4.70. The van der Waals surface area contributed by atoms with Crippen molar-refractivity contribution >= 4 is 5.78 Å². The zero-order chi connectivity index (χ0) is 11.4. The SMILES string of the molecule is CC#CCC(=O)c1cc(C)c(F)cc1F. The number of hydrogen-bond donors (Lipinski definition) is 0. The number of rotatable bonds is 2. The minimum atomic E-state index is -0.832. The molecule has 0 N–H and O–H groups in total. The van der Waals surface area contributed by atoms with Crippen molar-refractivity contribution < 1.29 is 13.6 Å². The molecule has 0 heterocycles. The van der Waals surface area contributed by atoms with Crippen molar-refractivity contribution in [2.45, 2.75) is 20.3 Å². The van der Waals surface area contributed by atoms with Gasteiger partial charge in [-0.05, 0) is 25.5 Å². The molecule has 0 fully saturated rings. The molecule has 0 unspecified atom stereocenters. The average molecular weight is 208 g/mol. The molecule has 0 bridgehead atoms. The Bertz CT molecular complexity index is 453. The van der Waals surface area contributed by atoms with Crippen molar-refractivity contribution in [3.05, 3.63) is 34.9 Å². The van der Waals surface area contributed by atoms with Crippen LogP contribution < -0.4 is 0 Å². The lowest BCUT2D eigenvalue weighted by atomic mass is 10.0. The molecule has 0 spiro atoms. The van der Waals surface area contributed by atoms with E-state index in [2.05, 4.69) is 11.8 Å². The van der Waals surface area contributed by atoms with Crippen molar-refractivity contribution in [3.63, 3.8) is 0 Å². The normalized spacial score (nSPS) is 9.33. The van der Waals surface area contributed by atoms with Crippen molar-refractivity contribution in [3.8, 4) is 11.8 Å². The van der Waals surface area contributed by atoms with Crippen LogP contribution in [0.25, 0.3) is 0 Å². The van der Waals surface area contributed by atoms with E-state index in [1.165, 1.54) is 13.0 Å². The highest BCUT2D eigenvalue weighted by atomic mass is 19.1. The molecule has 78 valence electrons. The summed E-state index contributed by atoms with van der Waals surface area (Å²) in [4.78, 5) is 11.4. The first-order valence-electron chi connectivity index (χ1n) is 4.44. The molecule has 1 aromatic rings. The molecule has 0 aliphatic rings. The fraction of sp³-hybridized carbons (Fsp3) is 0.250. The van der Waals surface area contributed by atoms with E-state index in [4.69, 9.17) is 0 Å². The number of carbonyl (C=O) groups is 1. The Labute approximate surface area is 87.1 Å². The van der Waals surface area contributed by atoms with E-state index >= 15 is 0 Å². The first-order chi connectivity index (χ1) is 7.06. The lowest BCUT2D eigenvalue weighted by Gasteiger charge is -2.02. The van der Waals surface area contributed by atoms with E-state index in [9.17, 15) is 13.6 Å². The molecule has 0 aliphatic carbocycles. The van der Waals surface area contributed by atoms with Gasteiger partial charge in [-0.15, -0.1) is 5.92 Å². The van der Waals surface area contributed by atoms with Crippen LogP contribution in [0.1, 0.15) is 29.3 Å². The van der Waals surface area contributed by atoms with Gasteiger partial charge in [-0.2, -0.15) is 0 Å². The molecule has 0 aromatic heterocycles. The van der Waals surface area contributed by atoms with Gasteiger partial charge in [-0.1, -0.05) is 5.92 Å². The second-order valence-corrected chi connectivity index (χ2v) is 3.11. The van der Waals surface area contributed by atoms with Gasteiger partial charge < -0.3 is 0 Å². The molecule has 3 heteroatoms. The molecular weight excluding hydrogens is 198 g/mol. The van der Waals surface area contributed by atoms with Crippen LogP contribution in [-0.4, -0.2) is 5.78 Å². The summed E-state index contributed by atoms with van der Waals surface area (Å²) in [6.07, 6.45) is -0.0432. The summed E-state index contributed by atoms with van der Waals surface area (Å²) < 4.78 is 26.1. The number of carbonyl (C=O) groups excluding carboxylic acids is 1. The fourth-order valence-electron chi connectivity index (χ4n) is 1.13. The number of ketones is 1. The van der Waals surface area contributed by atoms with Gasteiger partial charge in [0.1, 0.15) is 11.6 Å². The van der Waals surface area contributed by atoms with Crippen LogP contribution in [0, 0.1) is 30.4 Å². The van der Waals surface area contributed by atoms with Crippen molar-refractivity contribution in [1.29, 1.82) is 0 Å². The Morgan fingerprint density at radius 2 is 2.00 bits per heavy atom. The third kappa shape index (κ3) is 2.63. The lowest BCUT2D eigenvalue weighted by molar-refractivity contribution is 0.0994. The second-order valence-electron chi connectivity index (χ2n) is 3.11. The Hall–Kier alpha value is -1.69. The van der Waals surface area contributed by atoms with Gasteiger partial charge in [-0.25, -0.2) is 8.78 Å². The Kier molecular flexibility index (Phi) is 3.56. The minimum Gasteiger partial charge on any atom is -0.293 e. The Morgan fingerprint density at radius 3 is 2.60 bits per heavy atom. The number of aryl methyl sites for hydroxylation is 1. The molecule has 1 nitrogen and oxygen atoms in total. The minimum absolute atomic E-state index is 0.0432. The summed E-state index contributed by atoms with van der Waals surface area (Å²) in [5.41, 5.74) is 0.154. The van der Waals surface area contributed by atoms with E-state index in [-0.39, 0.29) is 17.5 Å². The van der Waals surface area contributed by atoms with Gasteiger partial charge in [0.15, 0.2) is 5.78 Å². The molecule has 15 heavy (non-hydrogen) atoms. The quantitative estimate of drug-likeness (QED) is 0.539. The first-order valence-corrected chi connectivity index (χ1v) is 4.44. The van der Waals surface area contributed by atoms with E-state index in [0.717, 1.165) is 6.07 Å². The van der Waals surface area contributed by atoms with Crippen molar-refractivity contribution in [2.75, 3.05) is 0 Å². The highest BCUT2D eigenvalue weighted by Gasteiger charge is 2.13. The van der Waals surface area contributed by atoms with Crippen LogP contribution in [-0.2, 0) is 0 Å². The maximum atomic E-state index is 13.2. The lowest BCUT2D eigenvalue weighted by Crippen LogP contribution is -2.03. The largest absolute Gasteiger partial charge is 0.293 e. The highest BCUT2D eigenvalue weighted by molar-refractivity contribution is 5.97. The van der Waals surface area contributed by atoms with Crippen LogP contribution in [0.4, 0.5) is 8.78 Å². The van der Waals surface area contributed by atoms with E-state index < -0.39 is 17.4 Å². The summed E-state index contributed by atoms with van der Waals surface area (Å²) in [5.74, 6) is 3.19. The smallest absolute Gasteiger partial charge is 0.177 e. The maximum absolute atomic E-state index is 13.2. The van der Waals surface area contributed by atoms with Gasteiger partial charge >= 0.3 is 0 Å². The van der Waals surface area contributed by atoms with Crippen LogP contribution in [0.5, 0.6) is 0 Å². The molecule has 0 atom stereocenters. The van der Waals surface area contributed by atoms with Crippen molar-refractivity contribution in [2.24, 2.45) is 0 Å².